The summed E-state index contributed by atoms with van der Waals surface area (Å²) < 4.78 is 0. The maximum absolute atomic E-state index is 13.7. The molecule has 0 N–H and O–H groups in total. The van der Waals surface area contributed by atoms with E-state index in [9.17, 15) is 4.79 Å². The molecule has 1 aliphatic heterocycles. The minimum absolute atomic E-state index is 0.0741. The van der Waals surface area contributed by atoms with Gasteiger partial charge in [0.1, 0.15) is 6.17 Å². The lowest BCUT2D eigenvalue weighted by atomic mass is 10.0. The summed E-state index contributed by atoms with van der Waals surface area (Å²) in [5.41, 5.74) is 5.29. The quantitative estimate of drug-likeness (QED) is 0.314. The predicted molar refractivity (Wildman–Crippen MR) is 135 cm³/mol. The van der Waals surface area contributed by atoms with Crippen LogP contribution in [0.2, 0.25) is 0 Å². The van der Waals surface area contributed by atoms with E-state index in [4.69, 9.17) is 0 Å². The van der Waals surface area contributed by atoms with Gasteiger partial charge in [-0.25, -0.2) is 0 Å². The van der Waals surface area contributed by atoms with Crippen molar-refractivity contribution in [1.29, 1.82) is 0 Å². The molecule has 4 aromatic carbocycles. The molecule has 0 radical (unpaired) electrons. The van der Waals surface area contributed by atoms with Crippen LogP contribution in [0.5, 0.6) is 0 Å². The minimum Gasteiger partial charge on any atom is -0.316 e. The molecule has 0 bridgehead atoms. The van der Waals surface area contributed by atoms with Crippen LogP contribution in [-0.4, -0.2) is 16.8 Å². The number of hydrogen-bond acceptors (Lipinski definition) is 2. The van der Waals surface area contributed by atoms with Crippen LogP contribution in [0.4, 0.5) is 11.4 Å². The summed E-state index contributed by atoms with van der Waals surface area (Å²) in [4.78, 5) is 18.1. The summed E-state index contributed by atoms with van der Waals surface area (Å²) in [6.07, 6.45) is 1.63. The second-order valence-corrected chi connectivity index (χ2v) is 8.59. The van der Waals surface area contributed by atoms with Gasteiger partial charge in [0, 0.05) is 28.5 Å². The Morgan fingerprint density at radius 2 is 1.24 bits per heavy atom. The molecular weight excluding hydrogens is 404 g/mol. The SMILES string of the molecule is C[C@H](CCc1ccccc1)N1C(=O)c2ccccc2[C@@H]1N(c1ccccc1)c1ccccc1. The average molecular weight is 433 g/mol. The van der Waals surface area contributed by atoms with Crippen LogP contribution in [0, 0.1) is 0 Å². The predicted octanol–water partition coefficient (Wildman–Crippen LogP) is 7.00. The van der Waals surface area contributed by atoms with Gasteiger partial charge in [-0.15, -0.1) is 0 Å². The van der Waals surface area contributed by atoms with Crippen molar-refractivity contribution in [2.75, 3.05) is 4.90 Å². The summed E-state index contributed by atoms with van der Waals surface area (Å²) in [6.45, 7) is 2.17. The summed E-state index contributed by atoms with van der Waals surface area (Å²) in [7, 11) is 0. The monoisotopic (exact) mass is 432 g/mol. The number of carbonyl (C=O) groups is 1. The molecule has 1 heterocycles. The summed E-state index contributed by atoms with van der Waals surface area (Å²) in [5.74, 6) is 0.105. The van der Waals surface area contributed by atoms with Gasteiger partial charge in [-0.05, 0) is 55.7 Å². The van der Waals surface area contributed by atoms with Crippen LogP contribution in [-0.2, 0) is 6.42 Å². The number of anilines is 2. The van der Waals surface area contributed by atoms with Crippen LogP contribution < -0.4 is 4.90 Å². The molecule has 0 spiro atoms. The number of para-hydroxylation sites is 2. The normalized spacial score (nSPS) is 15.8. The van der Waals surface area contributed by atoms with E-state index in [0.29, 0.717) is 0 Å². The van der Waals surface area contributed by atoms with E-state index in [1.54, 1.807) is 0 Å². The zero-order valence-corrected chi connectivity index (χ0v) is 18.8. The highest BCUT2D eigenvalue weighted by Gasteiger charge is 2.42. The lowest BCUT2D eigenvalue weighted by molar-refractivity contribution is 0.0640. The number of aryl methyl sites for hydroxylation is 1. The highest BCUT2D eigenvalue weighted by molar-refractivity contribution is 6.00. The van der Waals surface area contributed by atoms with E-state index >= 15 is 0 Å². The Labute approximate surface area is 195 Å². The number of rotatable bonds is 7. The zero-order chi connectivity index (χ0) is 22.6. The van der Waals surface area contributed by atoms with E-state index < -0.39 is 0 Å². The Kier molecular flexibility index (Phi) is 5.95. The smallest absolute Gasteiger partial charge is 0.256 e. The number of carbonyl (C=O) groups excluding carboxylic acids is 1. The zero-order valence-electron chi connectivity index (χ0n) is 18.8. The molecule has 0 saturated heterocycles. The van der Waals surface area contributed by atoms with Gasteiger partial charge < -0.3 is 9.80 Å². The minimum atomic E-state index is -0.204. The average Bonchev–Trinajstić information content (AvgIpc) is 3.17. The molecule has 1 amide bonds. The Morgan fingerprint density at radius 3 is 1.85 bits per heavy atom. The van der Waals surface area contributed by atoms with Gasteiger partial charge in [0.05, 0.1) is 0 Å². The highest BCUT2D eigenvalue weighted by Crippen LogP contribution is 2.44. The molecule has 0 unspecified atom stereocenters. The molecule has 3 heteroatoms. The maximum Gasteiger partial charge on any atom is 0.256 e. The Bertz CT molecular complexity index is 1170. The topological polar surface area (TPSA) is 23.6 Å². The van der Waals surface area contributed by atoms with Gasteiger partial charge in [-0.1, -0.05) is 84.9 Å². The fourth-order valence-corrected chi connectivity index (χ4v) is 4.79. The second kappa shape index (κ2) is 9.33. The van der Waals surface area contributed by atoms with Crippen LogP contribution >= 0.6 is 0 Å². The molecular formula is C30H28N2O. The summed E-state index contributed by atoms with van der Waals surface area (Å²) in [5, 5.41) is 0. The highest BCUT2D eigenvalue weighted by atomic mass is 16.2. The van der Waals surface area contributed by atoms with Crippen molar-refractivity contribution in [3.05, 3.63) is 132 Å². The number of benzene rings is 4. The van der Waals surface area contributed by atoms with Gasteiger partial charge in [-0.2, -0.15) is 0 Å². The number of hydrogen-bond donors (Lipinski definition) is 0. The van der Waals surface area contributed by atoms with Crippen molar-refractivity contribution in [3.63, 3.8) is 0 Å². The molecule has 5 rings (SSSR count). The molecule has 0 aromatic heterocycles. The van der Waals surface area contributed by atoms with Crippen LogP contribution in [0.1, 0.15) is 41.0 Å². The number of amides is 1. The number of nitrogens with zero attached hydrogens (tertiary/aromatic N) is 2. The molecule has 33 heavy (non-hydrogen) atoms. The molecule has 164 valence electrons. The van der Waals surface area contributed by atoms with Crippen LogP contribution in [0.25, 0.3) is 0 Å². The van der Waals surface area contributed by atoms with Crippen LogP contribution in [0.3, 0.4) is 0 Å². The van der Waals surface area contributed by atoms with Gasteiger partial charge >= 0.3 is 0 Å². The standard InChI is InChI=1S/C30H28N2O/c1-23(21-22-24-13-5-2-6-14-24)31-29(27-19-11-12-20-28(27)30(31)33)32(25-15-7-3-8-16-25)26-17-9-4-10-18-26/h2-20,23,29H,21-22H2,1H3/t23-,29+/m1/s1. The molecule has 1 aliphatic rings. The fourth-order valence-electron chi connectivity index (χ4n) is 4.79. The second-order valence-electron chi connectivity index (χ2n) is 8.59. The molecule has 3 nitrogen and oxygen atoms in total. The molecule has 2 atom stereocenters. The third-order valence-corrected chi connectivity index (χ3v) is 6.45. The van der Waals surface area contributed by atoms with E-state index in [1.165, 1.54) is 5.56 Å². The molecule has 4 aromatic rings. The van der Waals surface area contributed by atoms with Crippen molar-refractivity contribution in [3.8, 4) is 0 Å². The van der Waals surface area contributed by atoms with Crippen molar-refractivity contribution in [2.45, 2.75) is 32.0 Å². The van der Waals surface area contributed by atoms with Crippen LogP contribution in [0.15, 0.2) is 115 Å². The van der Waals surface area contributed by atoms with E-state index in [0.717, 1.165) is 35.3 Å². The molecule has 0 fully saturated rings. The Morgan fingerprint density at radius 1 is 0.727 bits per heavy atom. The summed E-state index contributed by atoms with van der Waals surface area (Å²) >= 11 is 0. The first kappa shape index (κ1) is 21.0. The van der Waals surface area contributed by atoms with Crippen molar-refractivity contribution in [1.82, 2.24) is 4.90 Å². The van der Waals surface area contributed by atoms with Gasteiger partial charge in [0.2, 0.25) is 0 Å². The van der Waals surface area contributed by atoms with Gasteiger partial charge in [0.25, 0.3) is 5.91 Å². The molecule has 0 saturated carbocycles. The lowest BCUT2D eigenvalue weighted by Gasteiger charge is -2.40. The van der Waals surface area contributed by atoms with Gasteiger partial charge in [0.15, 0.2) is 0 Å². The fraction of sp³-hybridized carbons (Fsp3) is 0.167. The van der Waals surface area contributed by atoms with Crippen molar-refractivity contribution < 1.29 is 4.79 Å². The summed E-state index contributed by atoms with van der Waals surface area (Å²) in [6, 6.07) is 39.4. The lowest BCUT2D eigenvalue weighted by Crippen LogP contribution is -2.43. The van der Waals surface area contributed by atoms with E-state index in [1.807, 2.05) is 36.4 Å². The Hall–Kier alpha value is -3.85. The molecule has 0 aliphatic carbocycles. The largest absolute Gasteiger partial charge is 0.316 e. The van der Waals surface area contributed by atoms with E-state index in [-0.39, 0.29) is 18.1 Å². The maximum atomic E-state index is 13.7. The third-order valence-electron chi connectivity index (χ3n) is 6.45. The Balaban J connectivity index is 1.57. The first-order chi connectivity index (χ1) is 16.2. The van der Waals surface area contributed by atoms with E-state index in [2.05, 4.69) is 95.6 Å². The first-order valence-electron chi connectivity index (χ1n) is 11.6. The first-order valence-corrected chi connectivity index (χ1v) is 11.6. The number of fused-ring (bicyclic) bond motifs is 1. The third kappa shape index (κ3) is 4.14. The van der Waals surface area contributed by atoms with Crippen molar-refractivity contribution in [2.24, 2.45) is 0 Å². The van der Waals surface area contributed by atoms with Gasteiger partial charge in [-0.3, -0.25) is 4.79 Å². The van der Waals surface area contributed by atoms with Crippen molar-refractivity contribution >= 4 is 17.3 Å².